The van der Waals surface area contributed by atoms with E-state index in [0.29, 0.717) is 12.0 Å². The summed E-state index contributed by atoms with van der Waals surface area (Å²) in [5, 5.41) is 3.20. The number of aliphatic imine (C=N–C) groups is 1. The lowest BCUT2D eigenvalue weighted by molar-refractivity contribution is 0.866. The molecule has 0 aliphatic heterocycles. The molecule has 0 aromatic heterocycles. The van der Waals surface area contributed by atoms with Crippen molar-refractivity contribution in [2.24, 2.45) is 10.8 Å². The summed E-state index contributed by atoms with van der Waals surface area (Å²) in [5.41, 5.74) is 4.84. The van der Waals surface area contributed by atoms with Crippen molar-refractivity contribution in [3.05, 3.63) is 24.3 Å². The summed E-state index contributed by atoms with van der Waals surface area (Å²) in [6, 6.07) is 8.76. The van der Waals surface area contributed by atoms with Crippen LogP contribution >= 0.6 is 0 Å². The number of nitrogens with two attached hydrogens (primary N) is 1. The molecule has 1 aromatic rings. The normalized spacial score (nSPS) is 15.2. The number of anilines is 2. The van der Waals surface area contributed by atoms with E-state index in [0.717, 1.165) is 31.6 Å². The Kier molecular flexibility index (Phi) is 4.63. The molecule has 1 aliphatic carbocycles. The maximum absolute atomic E-state index is 5.47. The molecule has 0 spiro atoms. The lowest BCUT2D eigenvalue weighted by Crippen LogP contribution is -2.36. The number of rotatable bonds is 5. The minimum Gasteiger partial charge on any atom is -0.372 e. The van der Waals surface area contributed by atoms with Crippen molar-refractivity contribution in [2.45, 2.75) is 32.7 Å². The Morgan fingerprint density at radius 2 is 1.89 bits per heavy atom. The molecular formula is C14H23N5. The highest BCUT2D eigenvalue weighted by atomic mass is 15.3. The van der Waals surface area contributed by atoms with Crippen LogP contribution in [0.25, 0.3) is 0 Å². The van der Waals surface area contributed by atoms with Crippen LogP contribution in [0, 0.1) is 0 Å². The number of nitrogens with one attached hydrogen (secondary N) is 2. The maximum Gasteiger partial charge on any atom is 0.210 e. The molecule has 0 saturated heterocycles. The van der Waals surface area contributed by atoms with Crippen LogP contribution in [0.2, 0.25) is 0 Å². The monoisotopic (exact) mass is 261 g/mol. The lowest BCUT2D eigenvalue weighted by Gasteiger charge is -2.21. The first-order chi connectivity index (χ1) is 9.26. The van der Waals surface area contributed by atoms with Crippen LogP contribution in [0.4, 0.5) is 11.4 Å². The van der Waals surface area contributed by atoms with E-state index in [1.165, 1.54) is 5.69 Å². The van der Waals surface area contributed by atoms with Crippen molar-refractivity contribution in [3.63, 3.8) is 0 Å². The molecule has 0 amide bonds. The average molecular weight is 261 g/mol. The van der Waals surface area contributed by atoms with Crippen LogP contribution in [0.3, 0.4) is 0 Å². The van der Waals surface area contributed by atoms with Gasteiger partial charge in [-0.15, -0.1) is 0 Å². The first-order valence-corrected chi connectivity index (χ1v) is 6.93. The highest BCUT2D eigenvalue weighted by molar-refractivity contribution is 5.93. The molecule has 1 fully saturated rings. The van der Waals surface area contributed by atoms with Crippen LogP contribution in [0.15, 0.2) is 29.3 Å². The van der Waals surface area contributed by atoms with E-state index in [-0.39, 0.29) is 0 Å². The van der Waals surface area contributed by atoms with Gasteiger partial charge >= 0.3 is 0 Å². The first-order valence-electron chi connectivity index (χ1n) is 6.93. The van der Waals surface area contributed by atoms with E-state index >= 15 is 0 Å². The fourth-order valence-electron chi connectivity index (χ4n) is 1.97. The highest BCUT2D eigenvalue weighted by Crippen LogP contribution is 2.23. The van der Waals surface area contributed by atoms with Gasteiger partial charge in [-0.1, -0.05) is 0 Å². The van der Waals surface area contributed by atoms with Gasteiger partial charge in [0.25, 0.3) is 0 Å². The van der Waals surface area contributed by atoms with Crippen LogP contribution in [0.5, 0.6) is 0 Å². The van der Waals surface area contributed by atoms with Gasteiger partial charge < -0.3 is 10.2 Å². The van der Waals surface area contributed by atoms with Gasteiger partial charge in [-0.25, -0.2) is 10.8 Å². The SMILES string of the molecule is CCN(CC)c1ccc(NC(=NC2CC2)NN)cc1. The smallest absolute Gasteiger partial charge is 0.210 e. The van der Waals surface area contributed by atoms with Gasteiger partial charge in [0.1, 0.15) is 0 Å². The Morgan fingerprint density at radius 1 is 1.26 bits per heavy atom. The summed E-state index contributed by atoms with van der Waals surface area (Å²) in [6.07, 6.45) is 2.32. The van der Waals surface area contributed by atoms with Crippen molar-refractivity contribution in [3.8, 4) is 0 Å². The van der Waals surface area contributed by atoms with Crippen LogP contribution in [0.1, 0.15) is 26.7 Å². The number of guanidine groups is 1. The van der Waals surface area contributed by atoms with E-state index < -0.39 is 0 Å². The summed E-state index contributed by atoms with van der Waals surface area (Å²) < 4.78 is 0. The van der Waals surface area contributed by atoms with E-state index in [1.54, 1.807) is 0 Å². The average Bonchev–Trinajstić information content (AvgIpc) is 3.25. The first kappa shape index (κ1) is 13.7. The second-order valence-corrected chi connectivity index (χ2v) is 4.70. The van der Waals surface area contributed by atoms with Gasteiger partial charge in [-0.3, -0.25) is 5.43 Å². The van der Waals surface area contributed by atoms with E-state index in [9.17, 15) is 0 Å². The molecule has 19 heavy (non-hydrogen) atoms. The third kappa shape index (κ3) is 3.86. The van der Waals surface area contributed by atoms with Gasteiger partial charge in [0, 0.05) is 24.5 Å². The summed E-state index contributed by atoms with van der Waals surface area (Å²) >= 11 is 0. The Balaban J connectivity index is 2.01. The molecule has 5 nitrogen and oxygen atoms in total. The summed E-state index contributed by atoms with van der Waals surface area (Å²) in [5.74, 6) is 6.10. The van der Waals surface area contributed by atoms with Crippen LogP contribution in [-0.2, 0) is 0 Å². The Hall–Kier alpha value is -1.75. The zero-order valence-electron chi connectivity index (χ0n) is 11.7. The van der Waals surface area contributed by atoms with E-state index in [2.05, 4.69) is 46.6 Å². The summed E-state index contributed by atoms with van der Waals surface area (Å²) in [6.45, 7) is 6.35. The van der Waals surface area contributed by atoms with Gasteiger partial charge in [-0.2, -0.15) is 0 Å². The Bertz CT molecular complexity index is 418. The molecule has 0 atom stereocenters. The molecule has 2 rings (SSSR count). The Morgan fingerprint density at radius 3 is 2.37 bits per heavy atom. The Labute approximate surface area is 114 Å². The minimum atomic E-state index is 0.438. The second kappa shape index (κ2) is 6.43. The molecule has 5 heteroatoms. The number of hydrazine groups is 1. The van der Waals surface area contributed by atoms with E-state index in [4.69, 9.17) is 5.84 Å². The molecule has 104 valence electrons. The number of hydrogen-bond donors (Lipinski definition) is 3. The third-order valence-corrected chi connectivity index (χ3v) is 3.25. The van der Waals surface area contributed by atoms with Gasteiger partial charge in [-0.05, 0) is 51.0 Å². The predicted molar refractivity (Wildman–Crippen MR) is 81.4 cm³/mol. The zero-order chi connectivity index (χ0) is 13.7. The van der Waals surface area contributed by atoms with Gasteiger partial charge in [0.2, 0.25) is 5.96 Å². The summed E-state index contributed by atoms with van der Waals surface area (Å²) in [7, 11) is 0. The lowest BCUT2D eigenvalue weighted by atomic mass is 10.2. The molecule has 1 saturated carbocycles. The molecular weight excluding hydrogens is 238 g/mol. The van der Waals surface area contributed by atoms with Crippen LogP contribution < -0.4 is 21.5 Å². The molecule has 0 bridgehead atoms. The van der Waals surface area contributed by atoms with Crippen LogP contribution in [-0.4, -0.2) is 25.1 Å². The molecule has 0 unspecified atom stereocenters. The largest absolute Gasteiger partial charge is 0.372 e. The highest BCUT2D eigenvalue weighted by Gasteiger charge is 2.20. The fourth-order valence-corrected chi connectivity index (χ4v) is 1.97. The molecule has 1 aromatic carbocycles. The number of nitrogens with zero attached hydrogens (tertiary/aromatic N) is 2. The standard InChI is InChI=1S/C14H23N5/c1-3-19(4-2)13-9-7-12(8-10-13)17-14(18-15)16-11-5-6-11/h7-11H,3-6,15H2,1-2H3,(H2,16,17,18). The van der Waals surface area contributed by atoms with Crippen molar-refractivity contribution < 1.29 is 0 Å². The van der Waals surface area contributed by atoms with Crippen molar-refractivity contribution >= 4 is 17.3 Å². The van der Waals surface area contributed by atoms with E-state index in [1.807, 2.05) is 12.1 Å². The topological polar surface area (TPSA) is 65.7 Å². The van der Waals surface area contributed by atoms with Crippen molar-refractivity contribution in [1.29, 1.82) is 0 Å². The van der Waals surface area contributed by atoms with Crippen molar-refractivity contribution in [2.75, 3.05) is 23.3 Å². The quantitative estimate of drug-likeness (QED) is 0.328. The second-order valence-electron chi connectivity index (χ2n) is 4.70. The number of benzene rings is 1. The summed E-state index contributed by atoms with van der Waals surface area (Å²) in [4.78, 5) is 6.76. The zero-order valence-corrected chi connectivity index (χ0v) is 11.7. The minimum absolute atomic E-state index is 0.438. The fraction of sp³-hybridized carbons (Fsp3) is 0.500. The maximum atomic E-state index is 5.47. The molecule has 0 radical (unpaired) electrons. The number of hydrogen-bond acceptors (Lipinski definition) is 3. The van der Waals surface area contributed by atoms with Gasteiger partial charge in [0.15, 0.2) is 0 Å². The third-order valence-electron chi connectivity index (χ3n) is 3.25. The molecule has 4 N–H and O–H groups in total. The molecule has 1 aliphatic rings. The predicted octanol–water partition coefficient (Wildman–Crippen LogP) is 1.93. The molecule has 0 heterocycles. The van der Waals surface area contributed by atoms with Gasteiger partial charge in [0.05, 0.1) is 6.04 Å². The van der Waals surface area contributed by atoms with Crippen molar-refractivity contribution in [1.82, 2.24) is 5.43 Å².